The van der Waals surface area contributed by atoms with Crippen LogP contribution >= 0.6 is 11.6 Å². The lowest BCUT2D eigenvalue weighted by Crippen LogP contribution is -2.10. The van der Waals surface area contributed by atoms with Crippen LogP contribution in [-0.2, 0) is 0 Å². The van der Waals surface area contributed by atoms with Crippen LogP contribution in [0.2, 0.25) is 5.15 Å². The lowest BCUT2D eigenvalue weighted by molar-refractivity contribution is 0.152. The van der Waals surface area contributed by atoms with E-state index in [1.165, 1.54) is 18.3 Å². The molecule has 0 saturated carbocycles. The number of aromatic nitrogens is 2. The largest absolute Gasteiger partial charge is 0.464 e. The summed E-state index contributed by atoms with van der Waals surface area (Å²) < 4.78 is 40.7. The number of hydrogen-bond acceptors (Lipinski definition) is 2. The van der Waals surface area contributed by atoms with Crippen molar-refractivity contribution in [1.29, 1.82) is 0 Å². The Labute approximate surface area is 132 Å². The van der Waals surface area contributed by atoms with E-state index in [1.807, 2.05) is 0 Å². The van der Waals surface area contributed by atoms with Crippen LogP contribution in [-0.4, -0.2) is 20.8 Å². The summed E-state index contributed by atoms with van der Waals surface area (Å²) in [7, 11) is 0. The Kier molecular flexibility index (Phi) is 3.73. The topological polar surface area (TPSA) is 55.1 Å². The minimum Gasteiger partial charge on any atom is -0.464 e. The van der Waals surface area contributed by atoms with E-state index in [9.17, 15) is 23.1 Å². The second-order valence-electron chi connectivity index (χ2n) is 4.75. The maximum absolute atomic E-state index is 13.5. The van der Waals surface area contributed by atoms with Crippen LogP contribution in [0.1, 0.15) is 12.0 Å². The zero-order chi connectivity index (χ0) is 16.7. The first-order chi connectivity index (χ1) is 10.9. The molecule has 0 amide bonds. The van der Waals surface area contributed by atoms with Crippen molar-refractivity contribution in [3.63, 3.8) is 0 Å². The van der Waals surface area contributed by atoms with E-state index in [4.69, 9.17) is 11.6 Å². The van der Waals surface area contributed by atoms with Gasteiger partial charge in [0.2, 0.25) is 0 Å². The van der Waals surface area contributed by atoms with Crippen molar-refractivity contribution in [2.75, 3.05) is 0 Å². The molecule has 0 aliphatic heterocycles. The van der Waals surface area contributed by atoms with Crippen LogP contribution in [0.3, 0.4) is 0 Å². The number of hydrogen-bond donors (Lipinski definition) is 1. The van der Waals surface area contributed by atoms with Gasteiger partial charge < -0.3 is 5.11 Å². The normalized spacial score (nSPS) is 11.3. The van der Waals surface area contributed by atoms with Gasteiger partial charge in [-0.05, 0) is 24.3 Å². The van der Waals surface area contributed by atoms with Gasteiger partial charge in [0.25, 0.3) is 6.43 Å². The molecular weight excluding hydrogens is 333 g/mol. The third-order valence-corrected chi connectivity index (χ3v) is 3.58. The molecular formula is C15H8ClF3N2O2. The monoisotopic (exact) mass is 340 g/mol. The Morgan fingerprint density at radius 1 is 1.26 bits per heavy atom. The molecule has 23 heavy (non-hydrogen) atoms. The molecule has 0 saturated heterocycles. The van der Waals surface area contributed by atoms with Crippen molar-refractivity contribution in [3.05, 3.63) is 53.1 Å². The van der Waals surface area contributed by atoms with Gasteiger partial charge in [-0.2, -0.15) is 0 Å². The second kappa shape index (κ2) is 5.58. The third-order valence-electron chi connectivity index (χ3n) is 3.37. The summed E-state index contributed by atoms with van der Waals surface area (Å²) in [4.78, 5) is 15.4. The number of rotatable bonds is 2. The van der Waals surface area contributed by atoms with E-state index in [0.717, 1.165) is 22.8 Å². The number of fused-ring (bicyclic) bond motifs is 1. The molecule has 8 heteroatoms. The van der Waals surface area contributed by atoms with Gasteiger partial charge in [0.1, 0.15) is 11.0 Å². The number of carbonyl (C=O) groups is 1. The highest BCUT2D eigenvalue weighted by Gasteiger charge is 2.22. The van der Waals surface area contributed by atoms with E-state index in [2.05, 4.69) is 4.98 Å². The maximum Gasteiger partial charge on any atom is 0.416 e. The van der Waals surface area contributed by atoms with Crippen molar-refractivity contribution in [3.8, 4) is 11.3 Å². The average Bonchev–Trinajstić information content (AvgIpc) is 2.85. The zero-order valence-electron chi connectivity index (χ0n) is 11.3. The summed E-state index contributed by atoms with van der Waals surface area (Å²) in [6.45, 7) is 0. The first kappa shape index (κ1) is 15.4. The van der Waals surface area contributed by atoms with Crippen molar-refractivity contribution in [2.24, 2.45) is 0 Å². The molecule has 0 aliphatic carbocycles. The molecule has 0 unspecified atom stereocenters. The molecule has 3 aromatic rings. The molecule has 0 spiro atoms. The minimum absolute atomic E-state index is 0.0537. The molecule has 0 aliphatic rings. The fourth-order valence-corrected chi connectivity index (χ4v) is 2.57. The first-order valence-electron chi connectivity index (χ1n) is 6.36. The molecule has 0 fully saturated rings. The van der Waals surface area contributed by atoms with Gasteiger partial charge >= 0.3 is 6.09 Å². The van der Waals surface area contributed by atoms with Gasteiger partial charge in [-0.15, -0.1) is 0 Å². The molecule has 0 atom stereocenters. The Hall–Kier alpha value is -2.54. The first-order valence-corrected chi connectivity index (χ1v) is 6.74. The summed E-state index contributed by atoms with van der Waals surface area (Å²) in [6.07, 6.45) is -2.96. The van der Waals surface area contributed by atoms with E-state index in [1.54, 1.807) is 0 Å². The number of pyridine rings is 1. The number of halogens is 4. The Morgan fingerprint density at radius 3 is 2.65 bits per heavy atom. The van der Waals surface area contributed by atoms with E-state index < -0.39 is 23.9 Å². The van der Waals surface area contributed by atoms with Crippen molar-refractivity contribution < 1.29 is 23.1 Å². The van der Waals surface area contributed by atoms with Crippen molar-refractivity contribution in [2.45, 2.75) is 6.43 Å². The smallest absolute Gasteiger partial charge is 0.416 e. The fourth-order valence-electron chi connectivity index (χ4n) is 2.42. The van der Waals surface area contributed by atoms with Crippen molar-refractivity contribution in [1.82, 2.24) is 9.55 Å². The Morgan fingerprint density at radius 2 is 2.00 bits per heavy atom. The standard InChI is InChI=1S/C15H8ClF3N2O2/c16-13-5-11-7(6-20-13)3-12(21(11)15(22)23)10-4-8(17)1-2-9(10)14(18)19/h1-6,14H,(H,22,23). The number of benzene rings is 1. The molecule has 4 nitrogen and oxygen atoms in total. The maximum atomic E-state index is 13.5. The molecule has 118 valence electrons. The highest BCUT2D eigenvalue weighted by Crippen LogP contribution is 2.35. The Balaban J connectivity index is 2.39. The molecule has 0 bridgehead atoms. The number of nitrogens with zero attached hydrogens (tertiary/aromatic N) is 2. The lowest BCUT2D eigenvalue weighted by atomic mass is 10.0. The summed E-state index contributed by atoms with van der Waals surface area (Å²) in [5, 5.41) is 9.86. The van der Waals surface area contributed by atoms with Crippen LogP contribution in [0.25, 0.3) is 22.2 Å². The van der Waals surface area contributed by atoms with E-state index in [0.29, 0.717) is 5.39 Å². The van der Waals surface area contributed by atoms with E-state index in [-0.39, 0.29) is 21.9 Å². The summed E-state index contributed by atoms with van der Waals surface area (Å²) in [5.41, 5.74) is -0.561. The molecule has 3 rings (SSSR count). The number of alkyl halides is 2. The van der Waals surface area contributed by atoms with Gasteiger partial charge in [0.15, 0.2) is 0 Å². The third kappa shape index (κ3) is 2.63. The van der Waals surface area contributed by atoms with Gasteiger partial charge in [-0.1, -0.05) is 11.6 Å². The van der Waals surface area contributed by atoms with Crippen LogP contribution in [0, 0.1) is 5.82 Å². The SMILES string of the molecule is O=C(O)n1c(-c2cc(F)ccc2C(F)F)cc2cnc(Cl)cc21. The van der Waals surface area contributed by atoms with Gasteiger partial charge in [0, 0.05) is 28.8 Å². The van der Waals surface area contributed by atoms with Crippen LogP contribution in [0.5, 0.6) is 0 Å². The lowest BCUT2D eigenvalue weighted by Gasteiger charge is -2.11. The summed E-state index contributed by atoms with van der Waals surface area (Å²) in [5.74, 6) is -0.747. The second-order valence-corrected chi connectivity index (χ2v) is 5.13. The molecule has 2 aromatic heterocycles. The fraction of sp³-hybridized carbons (Fsp3) is 0.0667. The van der Waals surface area contributed by atoms with Crippen LogP contribution in [0.15, 0.2) is 36.5 Å². The average molecular weight is 341 g/mol. The number of carboxylic acid groups (broad SMARTS) is 1. The van der Waals surface area contributed by atoms with E-state index >= 15 is 0 Å². The quantitative estimate of drug-likeness (QED) is 0.671. The minimum atomic E-state index is -2.88. The van der Waals surface area contributed by atoms with Crippen LogP contribution in [0.4, 0.5) is 18.0 Å². The van der Waals surface area contributed by atoms with Gasteiger partial charge in [0.05, 0.1) is 11.2 Å². The van der Waals surface area contributed by atoms with Crippen LogP contribution < -0.4 is 0 Å². The molecule has 1 aromatic carbocycles. The molecule has 0 radical (unpaired) electrons. The highest BCUT2D eigenvalue weighted by molar-refractivity contribution is 6.30. The summed E-state index contributed by atoms with van der Waals surface area (Å²) >= 11 is 5.76. The van der Waals surface area contributed by atoms with Gasteiger partial charge in [-0.3, -0.25) is 0 Å². The predicted molar refractivity (Wildman–Crippen MR) is 78.5 cm³/mol. The zero-order valence-corrected chi connectivity index (χ0v) is 12.1. The summed E-state index contributed by atoms with van der Waals surface area (Å²) in [6, 6.07) is 5.37. The highest BCUT2D eigenvalue weighted by atomic mass is 35.5. The van der Waals surface area contributed by atoms with Crippen molar-refractivity contribution >= 4 is 28.6 Å². The molecule has 2 heterocycles. The predicted octanol–water partition coefficient (Wildman–Crippen LogP) is 4.96. The van der Waals surface area contributed by atoms with Gasteiger partial charge in [-0.25, -0.2) is 27.5 Å². The Bertz CT molecular complexity index is 924. The molecule has 1 N–H and O–H groups in total.